The second-order valence-corrected chi connectivity index (χ2v) is 7.03. The van der Waals surface area contributed by atoms with Gasteiger partial charge in [-0.15, -0.1) is 0 Å². The van der Waals surface area contributed by atoms with Gasteiger partial charge in [-0.2, -0.15) is 11.8 Å². The molecule has 0 amide bonds. The lowest BCUT2D eigenvalue weighted by atomic mass is 10.3. The van der Waals surface area contributed by atoms with Crippen LogP contribution in [-0.2, 0) is 0 Å². The van der Waals surface area contributed by atoms with Gasteiger partial charge in [0.15, 0.2) is 5.13 Å². The number of aromatic nitrogens is 1. The Labute approximate surface area is 114 Å². The van der Waals surface area contributed by atoms with E-state index < -0.39 is 0 Å². The van der Waals surface area contributed by atoms with Gasteiger partial charge in [-0.25, -0.2) is 4.98 Å². The third kappa shape index (κ3) is 2.26. The first kappa shape index (κ1) is 11.6. The van der Waals surface area contributed by atoms with E-state index in [1.807, 2.05) is 30.0 Å². The second kappa shape index (κ2) is 4.34. The molecule has 0 aliphatic heterocycles. The van der Waals surface area contributed by atoms with Crippen LogP contribution in [0.5, 0.6) is 0 Å². The van der Waals surface area contributed by atoms with Crippen molar-refractivity contribution in [2.75, 3.05) is 18.1 Å². The SMILES string of the molecule is CSC1(CNc2nc3cccc(Cl)c3s2)CC1. The van der Waals surface area contributed by atoms with Crippen LogP contribution in [0.25, 0.3) is 10.2 Å². The second-order valence-electron chi connectivity index (χ2n) is 4.35. The Hall–Kier alpha value is -0.450. The van der Waals surface area contributed by atoms with E-state index in [-0.39, 0.29) is 0 Å². The third-order valence-electron chi connectivity index (χ3n) is 3.17. The lowest BCUT2D eigenvalue weighted by Gasteiger charge is -2.11. The van der Waals surface area contributed by atoms with Crippen molar-refractivity contribution in [3.05, 3.63) is 23.2 Å². The number of thiazole rings is 1. The minimum atomic E-state index is 0.460. The summed E-state index contributed by atoms with van der Waals surface area (Å²) in [5.41, 5.74) is 0.985. The molecule has 90 valence electrons. The number of nitrogens with zero attached hydrogens (tertiary/aromatic N) is 1. The number of hydrogen-bond acceptors (Lipinski definition) is 4. The summed E-state index contributed by atoms with van der Waals surface area (Å²) in [5.74, 6) is 0. The van der Waals surface area contributed by atoms with E-state index in [2.05, 4.69) is 16.6 Å². The van der Waals surface area contributed by atoms with Crippen LogP contribution in [-0.4, -0.2) is 22.5 Å². The molecule has 0 radical (unpaired) electrons. The van der Waals surface area contributed by atoms with Gasteiger partial charge in [-0.05, 0) is 31.2 Å². The summed E-state index contributed by atoms with van der Waals surface area (Å²) in [5, 5.41) is 5.21. The van der Waals surface area contributed by atoms with E-state index in [1.165, 1.54) is 12.8 Å². The maximum absolute atomic E-state index is 6.14. The fraction of sp³-hybridized carbons (Fsp3) is 0.417. The summed E-state index contributed by atoms with van der Waals surface area (Å²) in [6.07, 6.45) is 4.81. The molecule has 17 heavy (non-hydrogen) atoms. The molecule has 1 fully saturated rings. The van der Waals surface area contributed by atoms with Gasteiger partial charge in [0, 0.05) is 11.3 Å². The number of anilines is 1. The highest BCUT2D eigenvalue weighted by Gasteiger charge is 2.41. The quantitative estimate of drug-likeness (QED) is 0.908. The summed E-state index contributed by atoms with van der Waals surface area (Å²) in [4.78, 5) is 4.55. The van der Waals surface area contributed by atoms with Gasteiger partial charge in [-0.1, -0.05) is 29.0 Å². The van der Waals surface area contributed by atoms with Crippen molar-refractivity contribution in [2.45, 2.75) is 17.6 Å². The predicted molar refractivity (Wildman–Crippen MR) is 78.6 cm³/mol. The molecule has 5 heteroatoms. The van der Waals surface area contributed by atoms with Crippen molar-refractivity contribution in [2.24, 2.45) is 0 Å². The maximum Gasteiger partial charge on any atom is 0.183 e. The first-order valence-corrected chi connectivity index (χ1v) is 7.98. The average molecular weight is 285 g/mol. The van der Waals surface area contributed by atoms with Gasteiger partial charge in [0.25, 0.3) is 0 Å². The summed E-state index contributed by atoms with van der Waals surface area (Å²) in [6.45, 7) is 1.01. The van der Waals surface area contributed by atoms with Crippen LogP contribution in [0.2, 0.25) is 5.02 Å². The Morgan fingerprint density at radius 3 is 3.00 bits per heavy atom. The summed E-state index contributed by atoms with van der Waals surface area (Å²) in [6, 6.07) is 5.86. The molecular formula is C12H13ClN2S2. The van der Waals surface area contributed by atoms with Crippen LogP contribution >= 0.6 is 34.7 Å². The van der Waals surface area contributed by atoms with Gasteiger partial charge in [0.1, 0.15) is 0 Å². The molecule has 0 saturated heterocycles. The van der Waals surface area contributed by atoms with E-state index in [9.17, 15) is 0 Å². The monoisotopic (exact) mass is 284 g/mol. The number of thioether (sulfide) groups is 1. The highest BCUT2D eigenvalue weighted by molar-refractivity contribution is 8.00. The van der Waals surface area contributed by atoms with Crippen molar-refractivity contribution >= 4 is 50.0 Å². The van der Waals surface area contributed by atoms with Gasteiger partial charge in [0.05, 0.1) is 15.2 Å². The molecule has 1 aromatic heterocycles. The maximum atomic E-state index is 6.14. The Kier molecular flexibility index (Phi) is 2.97. The van der Waals surface area contributed by atoms with E-state index in [4.69, 9.17) is 11.6 Å². The predicted octanol–water partition coefficient (Wildman–Crippen LogP) is 4.26. The average Bonchev–Trinajstić information content (AvgIpc) is 3.00. The Morgan fingerprint density at radius 1 is 1.53 bits per heavy atom. The molecule has 1 aromatic carbocycles. The first-order chi connectivity index (χ1) is 8.22. The van der Waals surface area contributed by atoms with E-state index in [0.717, 1.165) is 26.9 Å². The van der Waals surface area contributed by atoms with Gasteiger partial charge in [0.2, 0.25) is 0 Å². The highest BCUT2D eigenvalue weighted by Crippen LogP contribution is 2.47. The molecule has 0 spiro atoms. The minimum absolute atomic E-state index is 0.460. The van der Waals surface area contributed by atoms with E-state index in [1.54, 1.807) is 11.3 Å². The molecule has 1 heterocycles. The highest BCUT2D eigenvalue weighted by atomic mass is 35.5. The van der Waals surface area contributed by atoms with Crippen LogP contribution in [0.1, 0.15) is 12.8 Å². The number of halogens is 1. The van der Waals surface area contributed by atoms with Crippen molar-refractivity contribution in [3.8, 4) is 0 Å². The molecular weight excluding hydrogens is 272 g/mol. The standard InChI is InChI=1S/C12H13ClN2S2/c1-16-12(5-6-12)7-14-11-15-9-4-2-3-8(13)10(9)17-11/h2-4H,5-7H2,1H3,(H,14,15). The minimum Gasteiger partial charge on any atom is -0.360 e. The largest absolute Gasteiger partial charge is 0.360 e. The van der Waals surface area contributed by atoms with Gasteiger partial charge >= 0.3 is 0 Å². The van der Waals surface area contributed by atoms with Crippen molar-refractivity contribution in [3.63, 3.8) is 0 Å². The summed E-state index contributed by atoms with van der Waals surface area (Å²) >= 11 is 9.73. The third-order valence-corrected chi connectivity index (χ3v) is 6.08. The normalized spacial score (nSPS) is 17.3. The van der Waals surface area contributed by atoms with Crippen molar-refractivity contribution < 1.29 is 0 Å². The zero-order chi connectivity index (χ0) is 11.9. The molecule has 2 nitrogen and oxygen atoms in total. The lowest BCUT2D eigenvalue weighted by molar-refractivity contribution is 0.947. The number of nitrogens with one attached hydrogen (secondary N) is 1. The number of fused-ring (bicyclic) bond motifs is 1. The lowest BCUT2D eigenvalue weighted by Crippen LogP contribution is -2.17. The molecule has 0 atom stereocenters. The molecule has 3 rings (SSSR count). The van der Waals surface area contributed by atoms with Gasteiger partial charge in [-0.3, -0.25) is 0 Å². The van der Waals surface area contributed by atoms with Gasteiger partial charge < -0.3 is 5.32 Å². The van der Waals surface area contributed by atoms with E-state index >= 15 is 0 Å². The van der Waals surface area contributed by atoms with Crippen molar-refractivity contribution in [1.29, 1.82) is 0 Å². The number of benzene rings is 1. The van der Waals surface area contributed by atoms with Crippen molar-refractivity contribution in [1.82, 2.24) is 4.98 Å². The molecule has 1 aliphatic rings. The molecule has 1 N–H and O–H groups in total. The molecule has 1 saturated carbocycles. The summed E-state index contributed by atoms with van der Waals surface area (Å²) in [7, 11) is 0. The Balaban J connectivity index is 1.79. The zero-order valence-electron chi connectivity index (χ0n) is 9.50. The fourth-order valence-electron chi connectivity index (χ4n) is 1.82. The van der Waals surface area contributed by atoms with Crippen LogP contribution in [0.4, 0.5) is 5.13 Å². The van der Waals surface area contributed by atoms with Crippen LogP contribution < -0.4 is 5.32 Å². The Bertz CT molecular complexity index is 548. The number of rotatable bonds is 4. The van der Waals surface area contributed by atoms with Crippen LogP contribution in [0, 0.1) is 0 Å². The van der Waals surface area contributed by atoms with E-state index in [0.29, 0.717) is 4.75 Å². The van der Waals surface area contributed by atoms with Crippen LogP contribution in [0.3, 0.4) is 0 Å². The molecule has 0 unspecified atom stereocenters. The topological polar surface area (TPSA) is 24.9 Å². The summed E-state index contributed by atoms with van der Waals surface area (Å²) < 4.78 is 1.53. The first-order valence-electron chi connectivity index (χ1n) is 5.57. The zero-order valence-corrected chi connectivity index (χ0v) is 11.9. The molecule has 0 bridgehead atoms. The number of hydrogen-bond donors (Lipinski definition) is 1. The molecule has 2 aromatic rings. The fourth-order valence-corrected chi connectivity index (χ4v) is 3.70. The Morgan fingerprint density at radius 2 is 2.35 bits per heavy atom. The molecule has 1 aliphatic carbocycles. The smallest absolute Gasteiger partial charge is 0.183 e. The van der Waals surface area contributed by atoms with Crippen LogP contribution in [0.15, 0.2) is 18.2 Å².